The summed E-state index contributed by atoms with van der Waals surface area (Å²) in [5.41, 5.74) is 5.23. The predicted molar refractivity (Wildman–Crippen MR) is 112 cm³/mol. The van der Waals surface area contributed by atoms with Crippen molar-refractivity contribution in [3.63, 3.8) is 0 Å². The highest BCUT2D eigenvalue weighted by molar-refractivity contribution is 6.53. The van der Waals surface area contributed by atoms with Crippen molar-refractivity contribution in [1.29, 1.82) is 0 Å². The first-order valence-electron chi connectivity index (χ1n) is 11.1. The summed E-state index contributed by atoms with van der Waals surface area (Å²) in [5.74, 6) is -1.68. The minimum atomic E-state index is -0.959. The number of fused-ring (bicyclic) bond motifs is 4. The van der Waals surface area contributed by atoms with E-state index in [1.807, 2.05) is 4.90 Å². The van der Waals surface area contributed by atoms with Crippen molar-refractivity contribution in [2.45, 2.75) is 24.7 Å². The van der Waals surface area contributed by atoms with Crippen molar-refractivity contribution < 1.29 is 28.6 Å². The van der Waals surface area contributed by atoms with E-state index >= 15 is 0 Å². The van der Waals surface area contributed by atoms with E-state index in [1.54, 1.807) is 14.0 Å². The number of hydrogen-bond acceptors (Lipinski definition) is 10. The Hall–Kier alpha value is -2.34. The lowest BCUT2D eigenvalue weighted by molar-refractivity contribution is -0.138. The van der Waals surface area contributed by atoms with Crippen molar-refractivity contribution in [3.8, 4) is 0 Å². The molecular formula is C21H29N5O6. The maximum Gasteiger partial charge on any atom is 0.404 e. The molecular weight excluding hydrogens is 418 g/mol. The molecule has 174 valence electrons. The number of Topliss-reactive ketones (excluding diaryl/α,β-unsaturated/α-hetero) is 2. The Kier molecular flexibility index (Phi) is 5.31. The first kappa shape index (κ1) is 21.5. The maximum atomic E-state index is 13.7. The van der Waals surface area contributed by atoms with Crippen LogP contribution in [0.1, 0.15) is 6.92 Å². The highest BCUT2D eigenvalue weighted by Crippen LogP contribution is 2.55. The lowest BCUT2D eigenvalue weighted by Gasteiger charge is -2.39. The molecule has 4 heterocycles. The molecule has 3 N–H and O–H groups in total. The average Bonchev–Trinajstić information content (AvgIpc) is 3.40. The molecule has 0 aromatic carbocycles. The van der Waals surface area contributed by atoms with Crippen molar-refractivity contribution in [3.05, 3.63) is 11.3 Å². The SMILES string of the molecule is COC12C(COC(N)=O)C3=C(C(=O)C(C)C(=NCCN4CCOCC4)C3=O)N1CC1NC12. The number of carbonyl (C=O) groups excluding carboxylic acids is 3. The number of primary amides is 1. The number of hydrogen-bond donors (Lipinski definition) is 2. The zero-order valence-corrected chi connectivity index (χ0v) is 18.3. The van der Waals surface area contributed by atoms with Crippen LogP contribution in [-0.2, 0) is 23.8 Å². The number of morpholine rings is 1. The fourth-order valence-corrected chi connectivity index (χ4v) is 5.72. The average molecular weight is 447 g/mol. The van der Waals surface area contributed by atoms with Crippen LogP contribution in [0.2, 0.25) is 0 Å². The number of ether oxygens (including phenoxy) is 3. The lowest BCUT2D eigenvalue weighted by Crippen LogP contribution is -2.55. The van der Waals surface area contributed by atoms with Gasteiger partial charge in [-0.05, 0) is 6.92 Å². The van der Waals surface area contributed by atoms with E-state index in [1.165, 1.54) is 0 Å². The molecule has 0 aromatic heterocycles. The van der Waals surface area contributed by atoms with Crippen molar-refractivity contribution in [2.75, 3.05) is 59.7 Å². The number of allylic oxidation sites excluding steroid dienone is 1. The molecule has 5 unspecified atom stereocenters. The Balaban J connectivity index is 1.45. The highest BCUT2D eigenvalue weighted by atomic mass is 16.6. The normalized spacial score (nSPS) is 37.6. The first-order chi connectivity index (χ1) is 15.4. The van der Waals surface area contributed by atoms with Crippen molar-refractivity contribution >= 4 is 23.4 Å². The van der Waals surface area contributed by atoms with Gasteiger partial charge in [-0.25, -0.2) is 4.79 Å². The molecule has 0 aromatic rings. The summed E-state index contributed by atoms with van der Waals surface area (Å²) in [6.07, 6.45) is -0.933. The molecule has 0 bridgehead atoms. The zero-order chi connectivity index (χ0) is 22.6. The van der Waals surface area contributed by atoms with Gasteiger partial charge in [-0.2, -0.15) is 0 Å². The number of ketones is 2. The molecule has 5 aliphatic rings. The first-order valence-corrected chi connectivity index (χ1v) is 11.1. The summed E-state index contributed by atoms with van der Waals surface area (Å²) in [6, 6.07) is 0.110. The van der Waals surface area contributed by atoms with Gasteiger partial charge in [-0.15, -0.1) is 0 Å². The third kappa shape index (κ3) is 3.10. The number of nitrogens with one attached hydrogen (secondary N) is 1. The fraction of sp³-hybridized carbons (Fsp3) is 0.714. The standard InChI is InChI=1S/C21H29N5O6/c1-11-15(23-3-4-25-5-7-31-8-6-25)18(28)14-12(10-32-20(22)29)21(30-2)19-13(24-19)9-26(21)16(14)17(11)27/h11-13,19,24H,3-10H2,1-2H3,(H2,22,29). The topological polar surface area (TPSA) is 146 Å². The van der Waals surface area contributed by atoms with Gasteiger partial charge < -0.3 is 30.2 Å². The number of nitrogens with zero attached hydrogens (tertiary/aromatic N) is 3. The quantitative estimate of drug-likeness (QED) is 0.466. The van der Waals surface area contributed by atoms with Crippen molar-refractivity contribution in [1.82, 2.24) is 15.1 Å². The summed E-state index contributed by atoms with van der Waals surface area (Å²) in [7, 11) is 1.56. The molecule has 5 rings (SSSR count). The van der Waals surface area contributed by atoms with Gasteiger partial charge in [-0.1, -0.05) is 0 Å². The van der Waals surface area contributed by atoms with Gasteiger partial charge in [-0.3, -0.25) is 19.5 Å². The Bertz CT molecular complexity index is 912. The minimum absolute atomic E-state index is 0.0582. The van der Waals surface area contributed by atoms with Crippen molar-refractivity contribution in [2.24, 2.45) is 22.6 Å². The molecule has 0 saturated carbocycles. The second-order valence-corrected chi connectivity index (χ2v) is 8.90. The zero-order valence-electron chi connectivity index (χ0n) is 18.3. The molecule has 4 aliphatic heterocycles. The van der Waals surface area contributed by atoms with E-state index in [0.29, 0.717) is 44.1 Å². The second kappa shape index (κ2) is 7.91. The minimum Gasteiger partial charge on any atom is -0.449 e. The van der Waals surface area contributed by atoms with Crippen LogP contribution in [0.3, 0.4) is 0 Å². The van der Waals surface area contributed by atoms with Gasteiger partial charge in [0.05, 0.1) is 49.0 Å². The monoisotopic (exact) mass is 447 g/mol. The summed E-state index contributed by atoms with van der Waals surface area (Å²) >= 11 is 0. The molecule has 32 heavy (non-hydrogen) atoms. The van der Waals surface area contributed by atoms with Crippen LogP contribution in [0.25, 0.3) is 0 Å². The molecule has 0 spiro atoms. The van der Waals surface area contributed by atoms with E-state index in [0.717, 1.165) is 13.1 Å². The number of aliphatic imine (C=N–C) groups is 1. The summed E-state index contributed by atoms with van der Waals surface area (Å²) in [5, 5.41) is 3.35. The van der Waals surface area contributed by atoms with Gasteiger partial charge in [0, 0.05) is 44.9 Å². The van der Waals surface area contributed by atoms with Gasteiger partial charge in [0.15, 0.2) is 11.5 Å². The summed E-state index contributed by atoms with van der Waals surface area (Å²) in [4.78, 5) is 47.2. The van der Waals surface area contributed by atoms with Crippen LogP contribution in [0.4, 0.5) is 4.79 Å². The third-order valence-electron chi connectivity index (χ3n) is 7.34. The van der Waals surface area contributed by atoms with Gasteiger partial charge >= 0.3 is 6.09 Å². The Labute approximate surface area is 185 Å². The Morgan fingerprint density at radius 1 is 1.34 bits per heavy atom. The van der Waals surface area contributed by atoms with Gasteiger partial charge in [0.1, 0.15) is 6.61 Å². The Morgan fingerprint density at radius 3 is 2.78 bits per heavy atom. The second-order valence-electron chi connectivity index (χ2n) is 8.90. The van der Waals surface area contributed by atoms with E-state index in [9.17, 15) is 14.4 Å². The molecule has 3 saturated heterocycles. The number of carbonyl (C=O) groups is 3. The molecule has 3 fully saturated rings. The lowest BCUT2D eigenvalue weighted by atomic mass is 9.78. The number of nitrogens with two attached hydrogens (primary N) is 1. The number of amides is 1. The maximum absolute atomic E-state index is 13.7. The fourth-order valence-electron chi connectivity index (χ4n) is 5.72. The third-order valence-corrected chi connectivity index (χ3v) is 7.34. The van der Waals surface area contributed by atoms with Gasteiger partial charge in [0.2, 0.25) is 5.78 Å². The smallest absolute Gasteiger partial charge is 0.404 e. The van der Waals surface area contributed by atoms with Crippen LogP contribution >= 0.6 is 0 Å². The highest BCUT2D eigenvalue weighted by Gasteiger charge is 2.73. The van der Waals surface area contributed by atoms with Crippen LogP contribution in [0.15, 0.2) is 16.3 Å². The van der Waals surface area contributed by atoms with Crippen LogP contribution in [-0.4, -0.2) is 111 Å². The van der Waals surface area contributed by atoms with Crippen LogP contribution in [0, 0.1) is 11.8 Å². The van der Waals surface area contributed by atoms with Crippen LogP contribution < -0.4 is 11.1 Å². The Morgan fingerprint density at radius 2 is 2.09 bits per heavy atom. The molecule has 1 amide bonds. The molecule has 1 aliphatic carbocycles. The molecule has 5 atom stereocenters. The molecule has 0 radical (unpaired) electrons. The van der Waals surface area contributed by atoms with E-state index in [4.69, 9.17) is 19.9 Å². The summed E-state index contributed by atoms with van der Waals surface area (Å²) < 4.78 is 16.5. The predicted octanol–water partition coefficient (Wildman–Crippen LogP) is -1.47. The van der Waals surface area contributed by atoms with E-state index in [-0.39, 0.29) is 36.0 Å². The van der Waals surface area contributed by atoms with Gasteiger partial charge in [0.25, 0.3) is 0 Å². The van der Waals surface area contributed by atoms with Crippen LogP contribution in [0.5, 0.6) is 0 Å². The number of rotatable bonds is 6. The van der Waals surface area contributed by atoms with E-state index in [2.05, 4.69) is 15.2 Å². The molecule has 11 nitrogen and oxygen atoms in total. The largest absolute Gasteiger partial charge is 0.449 e. The number of piperazine rings is 1. The molecule has 11 heteroatoms. The number of methoxy groups -OCH3 is 1. The van der Waals surface area contributed by atoms with E-state index < -0.39 is 23.7 Å². The summed E-state index contributed by atoms with van der Waals surface area (Å²) in [6.45, 7) is 6.30.